The zero-order valence-electron chi connectivity index (χ0n) is 14.1. The Kier molecular flexibility index (Phi) is 4.40. The normalized spacial score (nSPS) is 18.3. The molecule has 136 valence electrons. The number of amides is 1. The number of anilines is 1. The summed E-state index contributed by atoms with van der Waals surface area (Å²) in [6.07, 6.45) is 4.10. The van der Waals surface area contributed by atoms with Gasteiger partial charge in [-0.05, 0) is 37.1 Å². The molecular weight excluding hydrogens is 372 g/mol. The summed E-state index contributed by atoms with van der Waals surface area (Å²) in [6, 6.07) is 12.0. The van der Waals surface area contributed by atoms with Crippen molar-refractivity contribution in [2.75, 3.05) is 10.8 Å². The van der Waals surface area contributed by atoms with Gasteiger partial charge in [0.2, 0.25) is 5.91 Å². The first kappa shape index (κ1) is 17.4. The van der Waals surface area contributed by atoms with Gasteiger partial charge < -0.3 is 5.32 Å². The Balaban J connectivity index is 1.73. The second-order valence-corrected chi connectivity index (χ2v) is 8.99. The lowest BCUT2D eigenvalue weighted by atomic mass is 10.0. The van der Waals surface area contributed by atoms with Crippen LogP contribution in [0.15, 0.2) is 47.4 Å². The third kappa shape index (κ3) is 2.97. The Labute approximate surface area is 158 Å². The SMILES string of the molecule is O=C(CN1c2ccc(Cl)cc2-c2ccccc2S1(=O)=O)NC1CCCC1. The zero-order valence-corrected chi connectivity index (χ0v) is 15.7. The minimum absolute atomic E-state index is 0.145. The molecule has 26 heavy (non-hydrogen) atoms. The molecule has 0 bridgehead atoms. The fourth-order valence-electron chi connectivity index (χ4n) is 3.75. The highest BCUT2D eigenvalue weighted by Crippen LogP contribution is 2.43. The number of fused-ring (bicyclic) bond motifs is 3. The van der Waals surface area contributed by atoms with Crippen LogP contribution < -0.4 is 9.62 Å². The molecule has 0 saturated heterocycles. The molecule has 2 aromatic carbocycles. The van der Waals surface area contributed by atoms with E-state index in [1.165, 1.54) is 4.31 Å². The first-order valence-corrected chi connectivity index (χ1v) is 10.5. The number of sulfonamides is 1. The number of benzene rings is 2. The van der Waals surface area contributed by atoms with E-state index in [1.807, 2.05) is 0 Å². The summed E-state index contributed by atoms with van der Waals surface area (Å²) in [5.41, 5.74) is 1.81. The van der Waals surface area contributed by atoms with Crippen molar-refractivity contribution < 1.29 is 13.2 Å². The number of rotatable bonds is 3. The fraction of sp³-hybridized carbons (Fsp3) is 0.316. The van der Waals surface area contributed by atoms with Gasteiger partial charge in [0.1, 0.15) is 6.54 Å². The molecule has 1 saturated carbocycles. The summed E-state index contributed by atoms with van der Waals surface area (Å²) < 4.78 is 27.5. The van der Waals surface area contributed by atoms with Crippen molar-refractivity contribution in [2.45, 2.75) is 36.6 Å². The molecule has 1 aliphatic carbocycles. The van der Waals surface area contributed by atoms with Gasteiger partial charge in [-0.2, -0.15) is 0 Å². The highest BCUT2D eigenvalue weighted by atomic mass is 35.5. The Morgan fingerprint density at radius 2 is 1.85 bits per heavy atom. The van der Waals surface area contributed by atoms with E-state index in [2.05, 4.69) is 5.32 Å². The highest BCUT2D eigenvalue weighted by Gasteiger charge is 2.36. The summed E-state index contributed by atoms with van der Waals surface area (Å²) in [7, 11) is -3.81. The van der Waals surface area contributed by atoms with Gasteiger partial charge in [0.15, 0.2) is 0 Å². The summed E-state index contributed by atoms with van der Waals surface area (Å²) in [4.78, 5) is 12.7. The lowest BCUT2D eigenvalue weighted by molar-refractivity contribution is -0.120. The van der Waals surface area contributed by atoms with Crippen molar-refractivity contribution in [3.8, 4) is 11.1 Å². The molecule has 5 nitrogen and oxygen atoms in total. The van der Waals surface area contributed by atoms with Crippen LogP contribution in [0.4, 0.5) is 5.69 Å². The van der Waals surface area contributed by atoms with Crippen molar-refractivity contribution in [3.05, 3.63) is 47.5 Å². The maximum Gasteiger partial charge on any atom is 0.265 e. The van der Waals surface area contributed by atoms with Crippen LogP contribution in [0.1, 0.15) is 25.7 Å². The molecule has 2 aliphatic rings. The minimum Gasteiger partial charge on any atom is -0.352 e. The second-order valence-electron chi connectivity index (χ2n) is 6.72. The Morgan fingerprint density at radius 3 is 2.62 bits per heavy atom. The third-order valence-electron chi connectivity index (χ3n) is 4.98. The number of halogens is 1. The summed E-state index contributed by atoms with van der Waals surface area (Å²) >= 11 is 6.13. The van der Waals surface area contributed by atoms with Crippen molar-refractivity contribution in [2.24, 2.45) is 0 Å². The molecule has 0 spiro atoms. The predicted octanol–water partition coefficient (Wildman–Crippen LogP) is 3.57. The topological polar surface area (TPSA) is 66.5 Å². The van der Waals surface area contributed by atoms with E-state index >= 15 is 0 Å². The monoisotopic (exact) mass is 390 g/mol. The summed E-state index contributed by atoms with van der Waals surface area (Å²) in [5, 5.41) is 3.48. The van der Waals surface area contributed by atoms with Crippen LogP contribution in [0, 0.1) is 0 Å². The van der Waals surface area contributed by atoms with E-state index in [-0.39, 0.29) is 23.4 Å². The van der Waals surface area contributed by atoms with Crippen LogP contribution in [0.25, 0.3) is 11.1 Å². The molecule has 2 aromatic rings. The fourth-order valence-corrected chi connectivity index (χ4v) is 5.57. The summed E-state index contributed by atoms with van der Waals surface area (Å²) in [6.45, 7) is -0.234. The average Bonchev–Trinajstić information content (AvgIpc) is 3.12. The highest BCUT2D eigenvalue weighted by molar-refractivity contribution is 7.93. The number of carbonyl (C=O) groups excluding carboxylic acids is 1. The number of hydrogen-bond donors (Lipinski definition) is 1. The van der Waals surface area contributed by atoms with Crippen molar-refractivity contribution in [3.63, 3.8) is 0 Å². The first-order chi connectivity index (χ1) is 12.5. The Hall–Kier alpha value is -2.05. The molecule has 0 unspecified atom stereocenters. The quantitative estimate of drug-likeness (QED) is 0.871. The van der Waals surface area contributed by atoms with E-state index in [1.54, 1.807) is 42.5 Å². The molecule has 1 amide bonds. The Bertz CT molecular complexity index is 968. The van der Waals surface area contributed by atoms with Gasteiger partial charge in [-0.15, -0.1) is 0 Å². The van der Waals surface area contributed by atoms with E-state index in [4.69, 9.17) is 11.6 Å². The van der Waals surface area contributed by atoms with E-state index in [0.29, 0.717) is 16.3 Å². The van der Waals surface area contributed by atoms with Gasteiger partial charge in [0, 0.05) is 22.2 Å². The zero-order chi connectivity index (χ0) is 18.3. The van der Waals surface area contributed by atoms with Crippen molar-refractivity contribution >= 4 is 33.2 Å². The van der Waals surface area contributed by atoms with Gasteiger partial charge in [0.05, 0.1) is 10.6 Å². The van der Waals surface area contributed by atoms with Crippen LogP contribution >= 0.6 is 11.6 Å². The van der Waals surface area contributed by atoms with Gasteiger partial charge in [-0.1, -0.05) is 42.6 Å². The van der Waals surface area contributed by atoms with Crippen molar-refractivity contribution in [1.29, 1.82) is 0 Å². The number of carbonyl (C=O) groups is 1. The molecule has 1 aliphatic heterocycles. The van der Waals surface area contributed by atoms with Gasteiger partial charge in [-0.3, -0.25) is 9.10 Å². The second kappa shape index (κ2) is 6.59. The molecule has 0 radical (unpaired) electrons. The van der Waals surface area contributed by atoms with Gasteiger partial charge >= 0.3 is 0 Å². The first-order valence-electron chi connectivity index (χ1n) is 8.68. The van der Waals surface area contributed by atoms with E-state index in [0.717, 1.165) is 31.2 Å². The van der Waals surface area contributed by atoms with Crippen LogP contribution in [0.2, 0.25) is 5.02 Å². The lowest BCUT2D eigenvalue weighted by Gasteiger charge is -2.32. The molecular formula is C19H19ClN2O3S. The molecule has 0 aromatic heterocycles. The molecule has 1 heterocycles. The van der Waals surface area contributed by atoms with Crippen LogP contribution in [0.5, 0.6) is 0 Å². The molecule has 1 fully saturated rings. The lowest BCUT2D eigenvalue weighted by Crippen LogP contribution is -2.44. The molecule has 0 atom stereocenters. The third-order valence-corrected chi connectivity index (χ3v) is 7.03. The van der Waals surface area contributed by atoms with E-state index in [9.17, 15) is 13.2 Å². The van der Waals surface area contributed by atoms with Gasteiger partial charge in [-0.25, -0.2) is 8.42 Å². The Morgan fingerprint density at radius 1 is 1.12 bits per heavy atom. The number of nitrogens with zero attached hydrogens (tertiary/aromatic N) is 1. The standard InChI is InChI=1S/C19H19ClN2O3S/c20-13-9-10-17-16(11-13)15-7-3-4-8-18(15)26(24,25)22(17)12-19(23)21-14-5-1-2-6-14/h3-4,7-11,14H,1-2,5-6,12H2,(H,21,23). The molecule has 7 heteroatoms. The van der Waals surface area contributed by atoms with Crippen LogP contribution in [-0.4, -0.2) is 26.9 Å². The smallest absolute Gasteiger partial charge is 0.265 e. The van der Waals surface area contributed by atoms with Crippen LogP contribution in [0.3, 0.4) is 0 Å². The molecule has 4 rings (SSSR count). The molecule has 1 N–H and O–H groups in total. The maximum absolute atomic E-state index is 13.1. The predicted molar refractivity (Wildman–Crippen MR) is 102 cm³/mol. The van der Waals surface area contributed by atoms with Crippen LogP contribution in [-0.2, 0) is 14.8 Å². The average molecular weight is 391 g/mol. The largest absolute Gasteiger partial charge is 0.352 e. The van der Waals surface area contributed by atoms with E-state index < -0.39 is 10.0 Å². The number of hydrogen-bond acceptors (Lipinski definition) is 3. The number of nitrogens with one attached hydrogen (secondary N) is 1. The maximum atomic E-state index is 13.1. The van der Waals surface area contributed by atoms with Crippen molar-refractivity contribution in [1.82, 2.24) is 5.32 Å². The summed E-state index contributed by atoms with van der Waals surface area (Å²) in [5.74, 6) is -0.277. The minimum atomic E-state index is -3.81. The van der Waals surface area contributed by atoms with Gasteiger partial charge in [0.25, 0.3) is 10.0 Å².